The SMILES string of the molecule is CCNC(=NCC(c1ccc(F)cc1)N1CCOCC1)NCC(O)c1ccco1.I. The maximum Gasteiger partial charge on any atom is 0.191 e. The van der Waals surface area contributed by atoms with Crippen LogP contribution >= 0.6 is 24.0 Å². The van der Waals surface area contributed by atoms with Gasteiger partial charge in [-0.05, 0) is 36.8 Å². The van der Waals surface area contributed by atoms with Gasteiger partial charge < -0.3 is 24.9 Å². The van der Waals surface area contributed by atoms with Crippen LogP contribution in [-0.2, 0) is 4.74 Å². The van der Waals surface area contributed by atoms with Crippen LogP contribution in [-0.4, -0.2) is 61.9 Å². The molecular formula is C21H30FIN4O3. The second-order valence-electron chi connectivity index (χ2n) is 6.85. The van der Waals surface area contributed by atoms with Gasteiger partial charge in [-0.15, -0.1) is 24.0 Å². The van der Waals surface area contributed by atoms with Crippen LogP contribution in [0.3, 0.4) is 0 Å². The summed E-state index contributed by atoms with van der Waals surface area (Å²) in [7, 11) is 0. The Balaban J connectivity index is 0.00000320. The van der Waals surface area contributed by atoms with E-state index in [2.05, 4.69) is 15.5 Å². The second-order valence-corrected chi connectivity index (χ2v) is 6.85. The minimum absolute atomic E-state index is 0. The van der Waals surface area contributed by atoms with E-state index in [-0.39, 0.29) is 42.4 Å². The third-order valence-corrected chi connectivity index (χ3v) is 4.84. The lowest BCUT2D eigenvalue weighted by atomic mass is 10.0. The highest BCUT2D eigenvalue weighted by molar-refractivity contribution is 14.0. The molecule has 2 atom stereocenters. The number of hydrogen-bond acceptors (Lipinski definition) is 5. The van der Waals surface area contributed by atoms with Crippen LogP contribution in [0.1, 0.15) is 30.4 Å². The normalized spacial score (nSPS) is 17.1. The average Bonchev–Trinajstić information content (AvgIpc) is 3.29. The van der Waals surface area contributed by atoms with E-state index in [0.717, 1.165) is 18.7 Å². The molecule has 0 radical (unpaired) electrons. The lowest BCUT2D eigenvalue weighted by Crippen LogP contribution is -2.42. The van der Waals surface area contributed by atoms with E-state index < -0.39 is 6.10 Å². The standard InChI is InChI=1S/C21H29FN4O3.HI/c1-2-23-21(25-15-19(27)20-4-3-11-29-20)24-14-18(26-9-12-28-13-10-26)16-5-7-17(22)8-6-16;/h3-8,11,18-19,27H,2,9-10,12-15H2,1H3,(H2,23,24,25);1H. The Morgan fingerprint density at radius 2 is 1.93 bits per heavy atom. The van der Waals surface area contributed by atoms with Gasteiger partial charge in [-0.2, -0.15) is 0 Å². The van der Waals surface area contributed by atoms with Crippen molar-refractivity contribution < 1.29 is 18.7 Å². The molecule has 0 aliphatic carbocycles. The Labute approximate surface area is 193 Å². The summed E-state index contributed by atoms with van der Waals surface area (Å²) in [4.78, 5) is 7.02. The van der Waals surface area contributed by atoms with Crippen molar-refractivity contribution in [2.24, 2.45) is 4.99 Å². The smallest absolute Gasteiger partial charge is 0.191 e. The molecule has 3 N–H and O–H groups in total. The molecular weight excluding hydrogens is 502 g/mol. The van der Waals surface area contributed by atoms with Crippen LogP contribution in [0.5, 0.6) is 0 Å². The average molecular weight is 532 g/mol. The number of rotatable bonds is 8. The number of nitrogens with one attached hydrogen (secondary N) is 2. The highest BCUT2D eigenvalue weighted by atomic mass is 127. The minimum atomic E-state index is -0.763. The Bertz CT molecular complexity index is 752. The Kier molecular flexibility index (Phi) is 10.6. The van der Waals surface area contributed by atoms with E-state index in [4.69, 9.17) is 14.1 Å². The summed E-state index contributed by atoms with van der Waals surface area (Å²) in [5, 5.41) is 16.6. The number of aliphatic imine (C=N–C) groups is 1. The fourth-order valence-electron chi connectivity index (χ4n) is 3.30. The zero-order chi connectivity index (χ0) is 20.5. The van der Waals surface area contributed by atoms with Gasteiger partial charge in [-0.1, -0.05) is 12.1 Å². The third-order valence-electron chi connectivity index (χ3n) is 4.84. The molecule has 0 bridgehead atoms. The van der Waals surface area contributed by atoms with E-state index >= 15 is 0 Å². The van der Waals surface area contributed by atoms with Crippen molar-refractivity contribution in [1.82, 2.24) is 15.5 Å². The number of morpholine rings is 1. The summed E-state index contributed by atoms with van der Waals surface area (Å²) in [6, 6.07) is 10.1. The van der Waals surface area contributed by atoms with Crippen LogP contribution in [0, 0.1) is 5.82 Å². The first-order valence-electron chi connectivity index (χ1n) is 9.98. The first kappa shape index (κ1) is 24.6. The number of halogens is 2. The van der Waals surface area contributed by atoms with Crippen LogP contribution in [0.2, 0.25) is 0 Å². The molecule has 1 aliphatic rings. The number of aliphatic hydroxyl groups excluding tert-OH is 1. The number of nitrogens with zero attached hydrogens (tertiary/aromatic N) is 2. The predicted molar refractivity (Wildman–Crippen MR) is 125 cm³/mol. The van der Waals surface area contributed by atoms with Crippen LogP contribution in [0.25, 0.3) is 0 Å². The molecule has 2 heterocycles. The summed E-state index contributed by atoms with van der Waals surface area (Å²) >= 11 is 0. The van der Waals surface area contributed by atoms with Gasteiger partial charge in [0.25, 0.3) is 0 Å². The van der Waals surface area contributed by atoms with Crippen LogP contribution in [0.15, 0.2) is 52.1 Å². The highest BCUT2D eigenvalue weighted by Crippen LogP contribution is 2.22. The number of benzene rings is 1. The summed E-state index contributed by atoms with van der Waals surface area (Å²) in [5.74, 6) is 0.865. The van der Waals surface area contributed by atoms with Crippen molar-refractivity contribution in [2.75, 3.05) is 45.9 Å². The fourth-order valence-corrected chi connectivity index (χ4v) is 3.30. The van der Waals surface area contributed by atoms with E-state index in [1.807, 2.05) is 19.1 Å². The zero-order valence-corrected chi connectivity index (χ0v) is 19.4. The lowest BCUT2D eigenvalue weighted by molar-refractivity contribution is 0.0179. The Morgan fingerprint density at radius 3 is 2.57 bits per heavy atom. The molecule has 0 spiro atoms. The van der Waals surface area contributed by atoms with Crippen molar-refractivity contribution in [1.29, 1.82) is 0 Å². The van der Waals surface area contributed by atoms with E-state index in [1.165, 1.54) is 18.4 Å². The molecule has 166 valence electrons. The molecule has 1 aromatic carbocycles. The molecule has 1 aliphatic heterocycles. The summed E-state index contributed by atoms with van der Waals surface area (Å²) in [6.45, 7) is 6.42. The molecule has 3 rings (SSSR count). The molecule has 0 amide bonds. The van der Waals surface area contributed by atoms with Crippen molar-refractivity contribution in [3.05, 3.63) is 59.8 Å². The Hall–Kier alpha value is -1.69. The maximum atomic E-state index is 13.4. The molecule has 1 fully saturated rings. The highest BCUT2D eigenvalue weighted by Gasteiger charge is 2.23. The van der Waals surface area contributed by atoms with Gasteiger partial charge in [0.05, 0.1) is 38.6 Å². The van der Waals surface area contributed by atoms with E-state index in [0.29, 0.717) is 38.0 Å². The van der Waals surface area contributed by atoms with Crippen molar-refractivity contribution in [3.8, 4) is 0 Å². The van der Waals surface area contributed by atoms with Gasteiger partial charge >= 0.3 is 0 Å². The molecule has 7 nitrogen and oxygen atoms in total. The van der Waals surface area contributed by atoms with E-state index in [1.54, 1.807) is 12.1 Å². The fraction of sp³-hybridized carbons (Fsp3) is 0.476. The van der Waals surface area contributed by atoms with Gasteiger partial charge in [0, 0.05) is 19.6 Å². The van der Waals surface area contributed by atoms with Crippen molar-refractivity contribution in [3.63, 3.8) is 0 Å². The first-order valence-corrected chi connectivity index (χ1v) is 9.98. The van der Waals surface area contributed by atoms with Crippen LogP contribution < -0.4 is 10.6 Å². The minimum Gasteiger partial charge on any atom is -0.467 e. The zero-order valence-electron chi connectivity index (χ0n) is 17.1. The van der Waals surface area contributed by atoms with Gasteiger partial charge in [0.15, 0.2) is 5.96 Å². The van der Waals surface area contributed by atoms with Crippen molar-refractivity contribution >= 4 is 29.9 Å². The van der Waals surface area contributed by atoms with Crippen LogP contribution in [0.4, 0.5) is 4.39 Å². The molecule has 30 heavy (non-hydrogen) atoms. The topological polar surface area (TPSA) is 82.3 Å². The van der Waals surface area contributed by atoms with E-state index in [9.17, 15) is 9.50 Å². The maximum absolute atomic E-state index is 13.4. The number of furan rings is 1. The summed E-state index contributed by atoms with van der Waals surface area (Å²) < 4.78 is 24.1. The predicted octanol–water partition coefficient (Wildman–Crippen LogP) is 2.70. The first-order chi connectivity index (χ1) is 14.2. The number of ether oxygens (including phenoxy) is 1. The van der Waals surface area contributed by atoms with Gasteiger partial charge in [-0.3, -0.25) is 9.89 Å². The third kappa shape index (κ3) is 7.22. The Morgan fingerprint density at radius 1 is 1.20 bits per heavy atom. The number of guanidine groups is 1. The molecule has 2 unspecified atom stereocenters. The second kappa shape index (κ2) is 12.9. The summed E-state index contributed by atoms with van der Waals surface area (Å²) in [6.07, 6.45) is 0.772. The van der Waals surface area contributed by atoms with Crippen molar-refractivity contribution in [2.45, 2.75) is 19.1 Å². The number of hydrogen-bond donors (Lipinski definition) is 3. The number of aliphatic hydroxyl groups is 1. The quantitative estimate of drug-likeness (QED) is 0.276. The molecule has 9 heteroatoms. The van der Waals surface area contributed by atoms with Gasteiger partial charge in [0.2, 0.25) is 0 Å². The molecule has 0 saturated carbocycles. The van der Waals surface area contributed by atoms with Gasteiger partial charge in [-0.25, -0.2) is 4.39 Å². The van der Waals surface area contributed by atoms with Gasteiger partial charge in [0.1, 0.15) is 17.7 Å². The monoisotopic (exact) mass is 532 g/mol. The molecule has 1 saturated heterocycles. The molecule has 1 aromatic heterocycles. The summed E-state index contributed by atoms with van der Waals surface area (Å²) in [5.41, 5.74) is 1.02. The lowest BCUT2D eigenvalue weighted by Gasteiger charge is -2.34. The largest absolute Gasteiger partial charge is 0.467 e. The molecule has 2 aromatic rings.